The fraction of sp³-hybridized carbons (Fsp3) is 0. The van der Waals surface area contributed by atoms with Gasteiger partial charge in [0.1, 0.15) is 0 Å². The minimum absolute atomic E-state index is 0.0676. The van der Waals surface area contributed by atoms with E-state index in [1.807, 2.05) is 0 Å². The molecule has 0 radical (unpaired) electrons. The number of benzene rings is 2. The van der Waals surface area contributed by atoms with Crippen LogP contribution >= 0.6 is 23.2 Å². The Morgan fingerprint density at radius 3 is 2.23 bits per heavy atom. The zero-order valence-electron chi connectivity index (χ0n) is 11.0. The second-order valence-corrected chi connectivity index (χ2v) is 8.42. The van der Waals surface area contributed by atoms with Gasteiger partial charge in [-0.25, -0.2) is 0 Å². The number of hydrogen-bond acceptors (Lipinski definition) is 2. The molecule has 9 heteroatoms. The van der Waals surface area contributed by atoms with E-state index in [4.69, 9.17) is 31.4 Å². The van der Waals surface area contributed by atoms with Crippen molar-refractivity contribution in [3.8, 4) is 0 Å². The summed E-state index contributed by atoms with van der Waals surface area (Å²) in [6.07, 6.45) is 0. The first-order valence-electron chi connectivity index (χ1n) is 5.95. The number of halogens is 2. The Hall–Kier alpha value is -1.43. The SMILES string of the molecule is O=C(Nc1ccc([As](=O)(O)O)cc1)Nc1cccc(Cl)c1Cl. The molecule has 0 saturated heterocycles. The van der Waals surface area contributed by atoms with Crippen molar-refractivity contribution < 1.29 is 16.7 Å². The molecule has 0 fully saturated rings. The van der Waals surface area contributed by atoms with E-state index < -0.39 is 20.2 Å². The van der Waals surface area contributed by atoms with Crippen LogP contribution in [0.15, 0.2) is 42.5 Å². The molecular formula is C13H11AsCl2N2O4. The van der Waals surface area contributed by atoms with Crippen molar-refractivity contribution in [3.63, 3.8) is 0 Å². The fourth-order valence-electron chi connectivity index (χ4n) is 1.62. The quantitative estimate of drug-likeness (QED) is 0.589. The number of hydrogen-bond donors (Lipinski definition) is 4. The molecule has 0 atom stereocenters. The summed E-state index contributed by atoms with van der Waals surface area (Å²) in [6, 6.07) is 9.59. The molecule has 0 aliphatic heterocycles. The Bertz CT molecular complexity index is 746. The van der Waals surface area contributed by atoms with Crippen LogP contribution in [0.2, 0.25) is 10.0 Å². The van der Waals surface area contributed by atoms with Crippen LogP contribution in [0.5, 0.6) is 0 Å². The molecule has 0 aromatic heterocycles. The van der Waals surface area contributed by atoms with E-state index in [2.05, 4.69) is 10.6 Å². The van der Waals surface area contributed by atoms with E-state index in [1.54, 1.807) is 18.2 Å². The average Bonchev–Trinajstić information content (AvgIpc) is 2.43. The monoisotopic (exact) mass is 404 g/mol. The molecule has 2 aromatic rings. The van der Waals surface area contributed by atoms with Gasteiger partial charge >= 0.3 is 139 Å². The Morgan fingerprint density at radius 1 is 1.00 bits per heavy atom. The summed E-state index contributed by atoms with van der Waals surface area (Å²) in [5, 5.41) is 5.58. The van der Waals surface area contributed by atoms with Gasteiger partial charge in [0.25, 0.3) is 0 Å². The number of urea groups is 1. The van der Waals surface area contributed by atoms with Gasteiger partial charge in [-0.05, 0) is 0 Å². The van der Waals surface area contributed by atoms with Gasteiger partial charge in [0.15, 0.2) is 0 Å². The molecule has 2 amide bonds. The Morgan fingerprint density at radius 2 is 1.64 bits per heavy atom. The number of amides is 2. The zero-order chi connectivity index (χ0) is 16.3. The van der Waals surface area contributed by atoms with Crippen LogP contribution in [-0.4, -0.2) is 28.4 Å². The van der Waals surface area contributed by atoms with Gasteiger partial charge in [-0.2, -0.15) is 0 Å². The van der Waals surface area contributed by atoms with Crippen molar-refractivity contribution in [1.82, 2.24) is 0 Å². The fourth-order valence-corrected chi connectivity index (χ4v) is 3.10. The first kappa shape index (κ1) is 16.9. The summed E-state index contributed by atoms with van der Waals surface area (Å²) in [4.78, 5) is 11.9. The molecule has 116 valence electrons. The van der Waals surface area contributed by atoms with Crippen LogP contribution < -0.4 is 15.0 Å². The second kappa shape index (κ2) is 6.77. The Kier molecular flexibility index (Phi) is 5.21. The van der Waals surface area contributed by atoms with Crippen molar-refractivity contribution in [2.45, 2.75) is 0 Å². The van der Waals surface area contributed by atoms with E-state index in [1.165, 1.54) is 24.3 Å². The summed E-state index contributed by atoms with van der Waals surface area (Å²) in [5.41, 5.74) is 0.727. The standard InChI is InChI=1S/C13H11AsCl2N2O4/c15-10-2-1-3-11(12(10)16)18-13(19)17-9-6-4-8(5-7-9)14(20,21)22/h1-7H,(H2,17,18,19)(H2,20,21,22). The van der Waals surface area contributed by atoms with Gasteiger partial charge in [-0.15, -0.1) is 0 Å². The maximum absolute atomic E-state index is 11.9. The van der Waals surface area contributed by atoms with Crippen molar-refractivity contribution in [1.29, 1.82) is 0 Å². The molecule has 2 rings (SSSR count). The van der Waals surface area contributed by atoms with Crippen LogP contribution in [-0.2, 0) is 3.74 Å². The average molecular weight is 405 g/mol. The number of anilines is 2. The summed E-state index contributed by atoms with van der Waals surface area (Å²) in [6.45, 7) is 0. The summed E-state index contributed by atoms with van der Waals surface area (Å²) >= 11 is 6.88. The van der Waals surface area contributed by atoms with Gasteiger partial charge in [0.05, 0.1) is 0 Å². The molecule has 0 bridgehead atoms. The second-order valence-electron chi connectivity index (χ2n) is 4.27. The molecular weight excluding hydrogens is 394 g/mol. The first-order valence-corrected chi connectivity index (χ1v) is 10.1. The van der Waals surface area contributed by atoms with E-state index in [9.17, 15) is 8.53 Å². The number of carbonyl (C=O) groups is 1. The molecule has 0 aliphatic carbocycles. The van der Waals surface area contributed by atoms with Gasteiger partial charge in [-0.1, -0.05) is 0 Å². The third kappa shape index (κ3) is 4.29. The summed E-state index contributed by atoms with van der Waals surface area (Å²) in [5.74, 6) is 0. The minimum atomic E-state index is -4.92. The zero-order valence-corrected chi connectivity index (χ0v) is 14.3. The number of rotatable bonds is 3. The van der Waals surface area contributed by atoms with Gasteiger partial charge in [-0.3, -0.25) is 0 Å². The third-order valence-corrected chi connectivity index (χ3v) is 5.52. The maximum atomic E-state index is 11.9. The molecule has 0 spiro atoms. The van der Waals surface area contributed by atoms with Crippen LogP contribution in [0.3, 0.4) is 0 Å². The van der Waals surface area contributed by atoms with Crippen LogP contribution in [0, 0.1) is 0 Å². The molecule has 0 unspecified atom stereocenters. The van der Waals surface area contributed by atoms with Crippen LogP contribution in [0.25, 0.3) is 0 Å². The molecule has 4 N–H and O–H groups in total. The van der Waals surface area contributed by atoms with Crippen molar-refractivity contribution in [2.75, 3.05) is 10.6 Å². The summed E-state index contributed by atoms with van der Waals surface area (Å²) < 4.78 is 29.2. The topological polar surface area (TPSA) is 98.7 Å². The third-order valence-electron chi connectivity index (χ3n) is 2.66. The number of carbonyl (C=O) groups excluding carboxylic acids is 1. The van der Waals surface area contributed by atoms with E-state index >= 15 is 0 Å². The first-order chi connectivity index (χ1) is 10.3. The molecule has 6 nitrogen and oxygen atoms in total. The summed E-state index contributed by atoms with van der Waals surface area (Å²) in [7, 11) is 0. The van der Waals surface area contributed by atoms with E-state index in [-0.39, 0.29) is 9.37 Å². The molecule has 22 heavy (non-hydrogen) atoms. The van der Waals surface area contributed by atoms with Crippen molar-refractivity contribution in [2.24, 2.45) is 0 Å². The van der Waals surface area contributed by atoms with Gasteiger partial charge < -0.3 is 0 Å². The Labute approximate surface area is 139 Å². The normalized spacial score (nSPS) is 11.1. The van der Waals surface area contributed by atoms with Crippen LogP contribution in [0.1, 0.15) is 0 Å². The van der Waals surface area contributed by atoms with Crippen molar-refractivity contribution in [3.05, 3.63) is 52.5 Å². The van der Waals surface area contributed by atoms with Crippen LogP contribution in [0.4, 0.5) is 16.2 Å². The van der Waals surface area contributed by atoms with E-state index in [0.29, 0.717) is 16.4 Å². The predicted octanol–water partition coefficient (Wildman–Crippen LogP) is 2.20. The Balaban J connectivity index is 2.06. The van der Waals surface area contributed by atoms with E-state index in [0.717, 1.165) is 0 Å². The van der Waals surface area contributed by atoms with Gasteiger partial charge in [0.2, 0.25) is 0 Å². The molecule has 2 aromatic carbocycles. The molecule has 0 heterocycles. The molecule has 0 aliphatic rings. The van der Waals surface area contributed by atoms with Crippen molar-refractivity contribution >= 4 is 59.1 Å². The molecule has 0 saturated carbocycles. The predicted molar refractivity (Wildman–Crippen MR) is 86.1 cm³/mol. The van der Waals surface area contributed by atoms with Gasteiger partial charge in [0, 0.05) is 0 Å². The number of nitrogens with one attached hydrogen (secondary N) is 2.